The van der Waals surface area contributed by atoms with E-state index in [0.717, 1.165) is 15.8 Å². The lowest BCUT2D eigenvalue weighted by atomic mass is 10.1. The largest absolute Gasteiger partial charge is 0.489 e. The first-order valence-corrected chi connectivity index (χ1v) is 12.3. The van der Waals surface area contributed by atoms with Crippen molar-refractivity contribution in [3.63, 3.8) is 0 Å². The first-order valence-electron chi connectivity index (χ1n) is 9.63. The van der Waals surface area contributed by atoms with E-state index in [2.05, 4.69) is 109 Å². The van der Waals surface area contributed by atoms with Gasteiger partial charge in [0.1, 0.15) is 18.5 Å². The lowest BCUT2D eigenvalue weighted by molar-refractivity contribution is 0.152. The Balaban J connectivity index is 1.89. The highest BCUT2D eigenvalue weighted by atomic mass is 79.9. The van der Waals surface area contributed by atoms with Crippen molar-refractivity contribution < 1.29 is 9.16 Å². The van der Waals surface area contributed by atoms with Gasteiger partial charge in [-0.05, 0) is 37.4 Å². The Morgan fingerprint density at radius 1 is 0.857 bits per heavy atom. The molecule has 4 heteroatoms. The third-order valence-corrected chi connectivity index (χ3v) is 11.1. The first kappa shape index (κ1) is 19.4. The summed E-state index contributed by atoms with van der Waals surface area (Å²) in [7, 11) is -2.60. The summed E-state index contributed by atoms with van der Waals surface area (Å²) in [6, 6.07) is 27.7. The zero-order chi connectivity index (χ0) is 19.8. The van der Waals surface area contributed by atoms with E-state index in [1.807, 2.05) is 6.07 Å². The second-order valence-electron chi connectivity index (χ2n) is 8.24. The van der Waals surface area contributed by atoms with Gasteiger partial charge in [0.05, 0.1) is 4.47 Å². The fourth-order valence-electron chi connectivity index (χ4n) is 4.18. The van der Waals surface area contributed by atoms with Gasteiger partial charge in [-0.2, -0.15) is 0 Å². The quantitative estimate of drug-likeness (QED) is 0.489. The molecule has 0 aliphatic carbocycles. The summed E-state index contributed by atoms with van der Waals surface area (Å²) in [5, 5.41) is 2.53. The standard InChI is InChI=1S/C24H25BrO2Si/c1-24(2,3)28(18-11-6-4-7-12-18,19-13-8-5-9-14-19)27-22-17-26-23-20(22)15-10-16-21(23)25/h4-16,22H,17H2,1-3H3. The lowest BCUT2D eigenvalue weighted by Gasteiger charge is -2.44. The summed E-state index contributed by atoms with van der Waals surface area (Å²) in [6.45, 7) is 7.45. The second kappa shape index (κ2) is 7.51. The number of hydrogen-bond donors (Lipinski definition) is 0. The van der Waals surface area contributed by atoms with Gasteiger partial charge in [-0.1, -0.05) is 93.6 Å². The fourth-order valence-corrected chi connectivity index (χ4v) is 9.31. The Morgan fingerprint density at radius 3 is 1.96 bits per heavy atom. The number of benzene rings is 3. The minimum atomic E-state index is -2.60. The van der Waals surface area contributed by atoms with Crippen molar-refractivity contribution in [2.75, 3.05) is 6.61 Å². The van der Waals surface area contributed by atoms with Crippen LogP contribution in [0.2, 0.25) is 5.04 Å². The number of para-hydroxylation sites is 1. The van der Waals surface area contributed by atoms with Crippen LogP contribution in [0, 0.1) is 0 Å². The van der Waals surface area contributed by atoms with Crippen LogP contribution < -0.4 is 15.1 Å². The van der Waals surface area contributed by atoms with E-state index < -0.39 is 8.32 Å². The minimum absolute atomic E-state index is 0.0511. The molecule has 0 amide bonds. The number of halogens is 1. The molecule has 0 saturated heterocycles. The second-order valence-corrected chi connectivity index (χ2v) is 13.3. The van der Waals surface area contributed by atoms with E-state index in [4.69, 9.17) is 9.16 Å². The van der Waals surface area contributed by atoms with Gasteiger partial charge < -0.3 is 9.16 Å². The molecule has 0 saturated carbocycles. The van der Waals surface area contributed by atoms with Crippen LogP contribution in [0.1, 0.15) is 32.4 Å². The molecule has 1 aliphatic rings. The summed E-state index contributed by atoms with van der Waals surface area (Å²) in [5.41, 5.74) is 1.13. The molecule has 0 fully saturated rings. The van der Waals surface area contributed by atoms with Crippen molar-refractivity contribution in [3.05, 3.63) is 88.9 Å². The van der Waals surface area contributed by atoms with Crippen molar-refractivity contribution in [1.29, 1.82) is 0 Å². The van der Waals surface area contributed by atoms with E-state index in [-0.39, 0.29) is 11.1 Å². The van der Waals surface area contributed by atoms with Gasteiger partial charge in [0, 0.05) is 5.56 Å². The van der Waals surface area contributed by atoms with E-state index >= 15 is 0 Å². The van der Waals surface area contributed by atoms with Gasteiger partial charge in [-0.25, -0.2) is 0 Å². The van der Waals surface area contributed by atoms with Crippen LogP contribution >= 0.6 is 15.9 Å². The summed E-state index contributed by atoms with van der Waals surface area (Å²) < 4.78 is 14.2. The molecular formula is C24H25BrO2Si. The smallest absolute Gasteiger partial charge is 0.262 e. The van der Waals surface area contributed by atoms with Crippen LogP contribution in [0.5, 0.6) is 5.75 Å². The molecule has 2 nitrogen and oxygen atoms in total. The Kier molecular flexibility index (Phi) is 5.21. The molecule has 1 heterocycles. The Labute approximate surface area is 176 Å². The summed E-state index contributed by atoms with van der Waals surface area (Å²) in [5.74, 6) is 0.908. The highest BCUT2D eigenvalue weighted by Crippen LogP contribution is 2.45. The Bertz CT molecular complexity index is 912. The molecule has 3 aromatic rings. The van der Waals surface area contributed by atoms with E-state index in [1.165, 1.54) is 10.4 Å². The van der Waals surface area contributed by atoms with Crippen LogP contribution in [0.15, 0.2) is 83.3 Å². The predicted molar refractivity (Wildman–Crippen MR) is 121 cm³/mol. The van der Waals surface area contributed by atoms with Gasteiger partial charge in [0.25, 0.3) is 8.32 Å². The van der Waals surface area contributed by atoms with Crippen LogP contribution in [-0.2, 0) is 4.43 Å². The zero-order valence-corrected chi connectivity index (χ0v) is 19.1. The predicted octanol–water partition coefficient (Wildman–Crippen LogP) is 5.46. The normalized spacial score (nSPS) is 16.5. The molecule has 0 N–H and O–H groups in total. The van der Waals surface area contributed by atoms with Crippen LogP contribution in [0.4, 0.5) is 0 Å². The van der Waals surface area contributed by atoms with Gasteiger partial charge in [-0.3, -0.25) is 0 Å². The summed E-state index contributed by atoms with van der Waals surface area (Å²) >= 11 is 3.61. The first-order chi connectivity index (χ1) is 13.4. The third kappa shape index (κ3) is 3.24. The topological polar surface area (TPSA) is 18.5 Å². The maximum Gasteiger partial charge on any atom is 0.262 e. The Hall–Kier alpha value is -1.88. The maximum absolute atomic E-state index is 7.21. The van der Waals surface area contributed by atoms with Crippen molar-refractivity contribution in [2.24, 2.45) is 0 Å². The molecule has 4 rings (SSSR count). The summed E-state index contributed by atoms with van der Waals surface area (Å²) in [4.78, 5) is 0. The van der Waals surface area contributed by atoms with E-state index in [1.54, 1.807) is 0 Å². The highest BCUT2D eigenvalue weighted by molar-refractivity contribution is 9.10. The third-order valence-electron chi connectivity index (χ3n) is 5.46. The molecule has 28 heavy (non-hydrogen) atoms. The van der Waals surface area contributed by atoms with Crippen LogP contribution in [0.3, 0.4) is 0 Å². The van der Waals surface area contributed by atoms with Gasteiger partial charge in [-0.15, -0.1) is 0 Å². The molecule has 1 atom stereocenters. The monoisotopic (exact) mass is 452 g/mol. The molecule has 0 aromatic heterocycles. The van der Waals surface area contributed by atoms with Gasteiger partial charge in [0.2, 0.25) is 0 Å². The number of rotatable bonds is 4. The van der Waals surface area contributed by atoms with Crippen molar-refractivity contribution in [2.45, 2.75) is 31.9 Å². The van der Waals surface area contributed by atoms with E-state index in [0.29, 0.717) is 6.61 Å². The molecular weight excluding hydrogens is 428 g/mol. The van der Waals surface area contributed by atoms with Crippen LogP contribution in [0.25, 0.3) is 0 Å². The number of fused-ring (bicyclic) bond motifs is 1. The van der Waals surface area contributed by atoms with Gasteiger partial charge >= 0.3 is 0 Å². The fraction of sp³-hybridized carbons (Fsp3) is 0.250. The number of ether oxygens (including phenoxy) is 1. The van der Waals surface area contributed by atoms with Crippen molar-refractivity contribution in [1.82, 2.24) is 0 Å². The molecule has 3 aromatic carbocycles. The zero-order valence-electron chi connectivity index (χ0n) is 16.5. The highest BCUT2D eigenvalue weighted by Gasteiger charge is 2.52. The minimum Gasteiger partial charge on any atom is -0.489 e. The van der Waals surface area contributed by atoms with Crippen LogP contribution in [-0.4, -0.2) is 14.9 Å². The molecule has 1 unspecified atom stereocenters. The van der Waals surface area contributed by atoms with Gasteiger partial charge in [0.15, 0.2) is 0 Å². The maximum atomic E-state index is 7.21. The SMILES string of the molecule is CC(C)(C)[Si](OC1COc2c(Br)cccc21)(c1ccccc1)c1ccccc1. The van der Waals surface area contributed by atoms with Crippen molar-refractivity contribution >= 4 is 34.6 Å². The Morgan fingerprint density at radius 2 is 1.43 bits per heavy atom. The molecule has 1 aliphatic heterocycles. The molecule has 0 spiro atoms. The average Bonchev–Trinajstić information content (AvgIpc) is 3.10. The summed E-state index contributed by atoms with van der Waals surface area (Å²) in [6.07, 6.45) is -0.0844. The number of hydrogen-bond acceptors (Lipinski definition) is 2. The lowest BCUT2D eigenvalue weighted by Crippen LogP contribution is -2.67. The molecule has 144 valence electrons. The van der Waals surface area contributed by atoms with Crippen molar-refractivity contribution in [3.8, 4) is 5.75 Å². The van der Waals surface area contributed by atoms with E-state index in [9.17, 15) is 0 Å². The molecule has 0 bridgehead atoms. The molecule has 0 radical (unpaired) electrons. The average molecular weight is 453 g/mol.